The highest BCUT2D eigenvalue weighted by Crippen LogP contribution is 2.01. The molecule has 2 N–H and O–H groups in total. The molecule has 0 amide bonds. The summed E-state index contributed by atoms with van der Waals surface area (Å²) in [6, 6.07) is 0. The Morgan fingerprint density at radius 3 is 1.67 bits per heavy atom. The first-order chi connectivity index (χ1) is 10.1. The van der Waals surface area contributed by atoms with Gasteiger partial charge in [-0.15, -0.1) is 0 Å². The summed E-state index contributed by atoms with van der Waals surface area (Å²) in [5.74, 6) is 0.743. The van der Waals surface area contributed by atoms with Crippen LogP contribution in [0.15, 0.2) is 0 Å². The van der Waals surface area contributed by atoms with Crippen molar-refractivity contribution < 1.29 is 15.0 Å². The monoisotopic (exact) mass is 304 g/mol. The number of aliphatic hydroxyl groups is 2. The standard InChI is InChI=1S/2C6H14O.C6H12O/c1-6(2)4-3-5-7;2*1-2-3-4-5-6-7/h6-7H,3-5H2,1-2H3;7H,2-6H2,1H3;6H,2-5H2,1H3. The quantitative estimate of drug-likeness (QED) is 0.428. The van der Waals surface area contributed by atoms with Gasteiger partial charge in [0, 0.05) is 19.6 Å². The second kappa shape index (κ2) is 27.9. The van der Waals surface area contributed by atoms with Crippen LogP contribution in [0, 0.1) is 5.92 Å². The largest absolute Gasteiger partial charge is 0.396 e. The van der Waals surface area contributed by atoms with E-state index in [2.05, 4.69) is 27.7 Å². The van der Waals surface area contributed by atoms with Gasteiger partial charge in [-0.1, -0.05) is 59.8 Å². The van der Waals surface area contributed by atoms with Crippen LogP contribution in [-0.2, 0) is 4.79 Å². The maximum Gasteiger partial charge on any atom is 0.119 e. The molecule has 0 aliphatic rings. The smallest absolute Gasteiger partial charge is 0.119 e. The highest BCUT2D eigenvalue weighted by molar-refractivity contribution is 5.48. The SMILES string of the molecule is CC(C)CCCO.CCCCCC=O.CCCCCCO. The molecule has 0 atom stereocenters. The minimum Gasteiger partial charge on any atom is -0.396 e. The molecular formula is C18H40O3. The van der Waals surface area contributed by atoms with Gasteiger partial charge in [0.1, 0.15) is 6.29 Å². The molecule has 0 aromatic rings. The van der Waals surface area contributed by atoms with Crippen molar-refractivity contribution in [1.29, 1.82) is 0 Å². The summed E-state index contributed by atoms with van der Waals surface area (Å²) in [6.07, 6.45) is 12.0. The van der Waals surface area contributed by atoms with Crippen molar-refractivity contribution in [2.24, 2.45) is 5.92 Å². The Hall–Kier alpha value is -0.410. The lowest BCUT2D eigenvalue weighted by Gasteiger charge is -1.98. The van der Waals surface area contributed by atoms with E-state index in [4.69, 9.17) is 10.2 Å². The normalized spacial score (nSPS) is 9.48. The fraction of sp³-hybridized carbons (Fsp3) is 0.944. The molecule has 3 heteroatoms. The molecule has 0 unspecified atom stereocenters. The first-order valence-corrected chi connectivity index (χ1v) is 8.75. The zero-order chi connectivity index (χ0) is 16.8. The van der Waals surface area contributed by atoms with Crippen LogP contribution >= 0.6 is 0 Å². The Morgan fingerprint density at radius 1 is 0.810 bits per heavy atom. The van der Waals surface area contributed by atoms with Crippen LogP contribution in [0.2, 0.25) is 0 Å². The van der Waals surface area contributed by atoms with Crippen molar-refractivity contribution in [1.82, 2.24) is 0 Å². The summed E-state index contributed by atoms with van der Waals surface area (Å²) in [4.78, 5) is 9.68. The summed E-state index contributed by atoms with van der Waals surface area (Å²) < 4.78 is 0. The van der Waals surface area contributed by atoms with Crippen molar-refractivity contribution in [2.75, 3.05) is 13.2 Å². The Bertz CT molecular complexity index is 155. The van der Waals surface area contributed by atoms with E-state index in [0.29, 0.717) is 13.2 Å². The zero-order valence-electron chi connectivity index (χ0n) is 14.9. The van der Waals surface area contributed by atoms with E-state index in [1.54, 1.807) is 0 Å². The minimum absolute atomic E-state index is 0.345. The van der Waals surface area contributed by atoms with Crippen LogP contribution in [0.3, 0.4) is 0 Å². The number of hydrogen-bond acceptors (Lipinski definition) is 3. The van der Waals surface area contributed by atoms with Crippen LogP contribution < -0.4 is 0 Å². The van der Waals surface area contributed by atoms with E-state index in [9.17, 15) is 4.79 Å². The number of hydrogen-bond donors (Lipinski definition) is 2. The number of unbranched alkanes of at least 4 members (excludes halogenated alkanes) is 6. The first kappa shape index (κ1) is 25.5. The fourth-order valence-electron chi connectivity index (χ4n) is 1.52. The summed E-state index contributed by atoms with van der Waals surface area (Å²) >= 11 is 0. The Kier molecular flexibility index (Phi) is 33.9. The van der Waals surface area contributed by atoms with E-state index in [1.165, 1.54) is 32.1 Å². The van der Waals surface area contributed by atoms with Crippen molar-refractivity contribution >= 4 is 6.29 Å². The second-order valence-electron chi connectivity index (χ2n) is 5.71. The molecule has 0 aliphatic heterocycles. The number of aldehydes is 1. The summed E-state index contributed by atoms with van der Waals surface area (Å²) in [7, 11) is 0. The number of aliphatic hydroxyl groups excluding tert-OH is 2. The van der Waals surface area contributed by atoms with E-state index in [1.807, 2.05) is 0 Å². The van der Waals surface area contributed by atoms with Gasteiger partial charge in [0.15, 0.2) is 0 Å². The van der Waals surface area contributed by atoms with Crippen molar-refractivity contribution in [3.8, 4) is 0 Å². The molecule has 0 radical (unpaired) electrons. The van der Waals surface area contributed by atoms with E-state index in [0.717, 1.165) is 44.3 Å². The predicted octanol–water partition coefficient (Wildman–Crippen LogP) is 4.74. The molecule has 0 bridgehead atoms. The third-order valence-electron chi connectivity index (χ3n) is 2.88. The molecule has 0 aromatic heterocycles. The molecule has 0 rings (SSSR count). The molecule has 3 nitrogen and oxygen atoms in total. The van der Waals surface area contributed by atoms with Gasteiger partial charge in [0.05, 0.1) is 0 Å². The molecular weight excluding hydrogens is 264 g/mol. The fourth-order valence-corrected chi connectivity index (χ4v) is 1.52. The van der Waals surface area contributed by atoms with Gasteiger partial charge in [-0.3, -0.25) is 0 Å². The third kappa shape index (κ3) is 45.1. The number of carbonyl (C=O) groups excluding carboxylic acids is 1. The van der Waals surface area contributed by atoms with Crippen LogP contribution in [0.4, 0.5) is 0 Å². The molecule has 0 saturated carbocycles. The van der Waals surface area contributed by atoms with Gasteiger partial charge in [-0.2, -0.15) is 0 Å². The molecule has 0 saturated heterocycles. The van der Waals surface area contributed by atoms with Gasteiger partial charge in [-0.05, 0) is 31.6 Å². The molecule has 0 heterocycles. The predicted molar refractivity (Wildman–Crippen MR) is 92.6 cm³/mol. The lowest BCUT2D eigenvalue weighted by Crippen LogP contribution is -1.89. The van der Waals surface area contributed by atoms with E-state index >= 15 is 0 Å². The molecule has 21 heavy (non-hydrogen) atoms. The van der Waals surface area contributed by atoms with Crippen LogP contribution in [0.25, 0.3) is 0 Å². The molecule has 0 fully saturated rings. The van der Waals surface area contributed by atoms with E-state index in [-0.39, 0.29) is 0 Å². The van der Waals surface area contributed by atoms with Crippen LogP contribution in [0.1, 0.15) is 91.9 Å². The summed E-state index contributed by atoms with van der Waals surface area (Å²) in [6.45, 7) is 9.33. The third-order valence-corrected chi connectivity index (χ3v) is 2.88. The van der Waals surface area contributed by atoms with E-state index < -0.39 is 0 Å². The Morgan fingerprint density at radius 2 is 1.33 bits per heavy atom. The highest BCUT2D eigenvalue weighted by atomic mass is 16.3. The topological polar surface area (TPSA) is 57.5 Å². The maximum atomic E-state index is 9.68. The molecule has 0 spiro atoms. The van der Waals surface area contributed by atoms with Crippen molar-refractivity contribution in [3.63, 3.8) is 0 Å². The van der Waals surface area contributed by atoms with Gasteiger partial charge in [0.2, 0.25) is 0 Å². The van der Waals surface area contributed by atoms with Gasteiger partial charge < -0.3 is 15.0 Å². The molecule has 0 aliphatic carbocycles. The van der Waals surface area contributed by atoms with Crippen molar-refractivity contribution in [2.45, 2.75) is 91.9 Å². The Balaban J connectivity index is -0.000000231. The van der Waals surface area contributed by atoms with Gasteiger partial charge >= 0.3 is 0 Å². The molecule has 0 aromatic carbocycles. The first-order valence-electron chi connectivity index (χ1n) is 8.75. The van der Waals surface area contributed by atoms with Gasteiger partial charge in [0.25, 0.3) is 0 Å². The second-order valence-corrected chi connectivity index (χ2v) is 5.71. The maximum absolute atomic E-state index is 9.68. The highest BCUT2D eigenvalue weighted by Gasteiger charge is 1.89. The summed E-state index contributed by atoms with van der Waals surface area (Å²) in [5.41, 5.74) is 0. The number of carbonyl (C=O) groups is 1. The lowest BCUT2D eigenvalue weighted by atomic mass is 10.1. The average molecular weight is 305 g/mol. The zero-order valence-corrected chi connectivity index (χ0v) is 14.9. The average Bonchev–Trinajstić information content (AvgIpc) is 2.47. The van der Waals surface area contributed by atoms with Gasteiger partial charge in [-0.25, -0.2) is 0 Å². The summed E-state index contributed by atoms with van der Waals surface area (Å²) in [5, 5.41) is 16.6. The van der Waals surface area contributed by atoms with Crippen molar-refractivity contribution in [3.05, 3.63) is 0 Å². The number of rotatable bonds is 11. The molecule has 130 valence electrons. The van der Waals surface area contributed by atoms with Crippen LogP contribution in [0.5, 0.6) is 0 Å². The lowest BCUT2D eigenvalue weighted by molar-refractivity contribution is -0.107. The minimum atomic E-state index is 0.345. The van der Waals surface area contributed by atoms with Crippen LogP contribution in [-0.4, -0.2) is 29.7 Å². The Labute approximate surface area is 133 Å².